The first kappa shape index (κ1) is 14.1. The summed E-state index contributed by atoms with van der Waals surface area (Å²) in [4.78, 5) is 8.58. The molecule has 0 amide bonds. The molecular formula is C14H15BrFN3. The van der Waals surface area contributed by atoms with E-state index in [1.807, 2.05) is 6.92 Å². The first-order valence-electron chi connectivity index (χ1n) is 6.09. The molecule has 0 bridgehead atoms. The summed E-state index contributed by atoms with van der Waals surface area (Å²) in [7, 11) is 0. The molecule has 0 aliphatic carbocycles. The van der Waals surface area contributed by atoms with Crippen molar-refractivity contribution in [3.8, 4) is 11.3 Å². The van der Waals surface area contributed by atoms with Crippen LogP contribution >= 0.6 is 15.9 Å². The van der Waals surface area contributed by atoms with E-state index >= 15 is 0 Å². The lowest BCUT2D eigenvalue weighted by molar-refractivity contribution is 0.629. The van der Waals surface area contributed by atoms with E-state index in [9.17, 15) is 4.39 Å². The first-order valence-corrected chi connectivity index (χ1v) is 6.88. The molecule has 0 radical (unpaired) electrons. The minimum absolute atomic E-state index is 0.106. The third-order valence-corrected chi connectivity index (χ3v) is 3.23. The maximum Gasteiger partial charge on any atom is 0.132 e. The summed E-state index contributed by atoms with van der Waals surface area (Å²) in [5.41, 5.74) is 6.77. The summed E-state index contributed by atoms with van der Waals surface area (Å²) in [6, 6.07) is 6.61. The molecule has 0 spiro atoms. The third-order valence-electron chi connectivity index (χ3n) is 2.73. The number of aromatic nitrogens is 2. The van der Waals surface area contributed by atoms with E-state index in [2.05, 4.69) is 25.9 Å². The van der Waals surface area contributed by atoms with Crippen molar-refractivity contribution in [2.75, 3.05) is 0 Å². The van der Waals surface area contributed by atoms with Crippen LogP contribution in [0.15, 0.2) is 34.9 Å². The Balaban J connectivity index is 2.29. The van der Waals surface area contributed by atoms with E-state index in [4.69, 9.17) is 5.73 Å². The van der Waals surface area contributed by atoms with Crippen LogP contribution < -0.4 is 5.73 Å². The van der Waals surface area contributed by atoms with Crippen molar-refractivity contribution in [1.82, 2.24) is 9.97 Å². The fourth-order valence-corrected chi connectivity index (χ4v) is 2.08. The van der Waals surface area contributed by atoms with E-state index in [-0.39, 0.29) is 11.9 Å². The van der Waals surface area contributed by atoms with Crippen LogP contribution in [0.5, 0.6) is 0 Å². The van der Waals surface area contributed by atoms with E-state index < -0.39 is 0 Å². The second-order valence-electron chi connectivity index (χ2n) is 4.50. The molecule has 5 heteroatoms. The molecule has 0 saturated carbocycles. The number of aryl methyl sites for hydroxylation is 1. The van der Waals surface area contributed by atoms with Gasteiger partial charge < -0.3 is 5.73 Å². The van der Waals surface area contributed by atoms with Gasteiger partial charge in [-0.25, -0.2) is 14.4 Å². The molecule has 2 aromatic rings. The smallest absolute Gasteiger partial charge is 0.132 e. The van der Waals surface area contributed by atoms with E-state index in [0.717, 1.165) is 10.9 Å². The molecular weight excluding hydrogens is 309 g/mol. The highest BCUT2D eigenvalue weighted by atomic mass is 79.9. The van der Waals surface area contributed by atoms with Gasteiger partial charge in [-0.3, -0.25) is 0 Å². The van der Waals surface area contributed by atoms with Crippen LogP contribution in [0.3, 0.4) is 0 Å². The van der Waals surface area contributed by atoms with Crippen LogP contribution in [0, 0.1) is 5.82 Å². The zero-order valence-corrected chi connectivity index (χ0v) is 12.2. The molecule has 1 aromatic carbocycles. The van der Waals surface area contributed by atoms with Gasteiger partial charge in [-0.2, -0.15) is 0 Å². The Labute approximate surface area is 120 Å². The van der Waals surface area contributed by atoms with Gasteiger partial charge in [0.05, 0.1) is 5.69 Å². The maximum atomic E-state index is 13.8. The highest BCUT2D eigenvalue weighted by molar-refractivity contribution is 9.10. The van der Waals surface area contributed by atoms with Crippen LogP contribution in [0.2, 0.25) is 0 Å². The normalized spacial score (nSPS) is 12.4. The second kappa shape index (κ2) is 6.21. The third kappa shape index (κ3) is 3.81. The summed E-state index contributed by atoms with van der Waals surface area (Å²) in [6.07, 6.45) is 3.16. The van der Waals surface area contributed by atoms with Gasteiger partial charge in [-0.1, -0.05) is 15.9 Å². The van der Waals surface area contributed by atoms with E-state index in [0.29, 0.717) is 23.5 Å². The fourth-order valence-electron chi connectivity index (χ4n) is 1.72. The number of halogens is 2. The average Bonchev–Trinajstić information content (AvgIpc) is 2.39. The number of benzene rings is 1. The lowest BCUT2D eigenvalue weighted by Gasteiger charge is -2.07. The van der Waals surface area contributed by atoms with Gasteiger partial charge in [0.25, 0.3) is 0 Å². The monoisotopic (exact) mass is 323 g/mol. The predicted molar refractivity (Wildman–Crippen MR) is 77.1 cm³/mol. The SMILES string of the molecule is CC(N)CCc1nccc(-c2cc(Br)ccc2F)n1. The van der Waals surface area contributed by atoms with Gasteiger partial charge in [0.2, 0.25) is 0 Å². The van der Waals surface area contributed by atoms with Crippen LogP contribution in [0.4, 0.5) is 4.39 Å². The van der Waals surface area contributed by atoms with Crippen molar-refractivity contribution in [3.63, 3.8) is 0 Å². The van der Waals surface area contributed by atoms with Crippen LogP contribution in [0.1, 0.15) is 19.2 Å². The van der Waals surface area contributed by atoms with Gasteiger partial charge in [0.1, 0.15) is 11.6 Å². The van der Waals surface area contributed by atoms with E-state index in [1.54, 1.807) is 24.4 Å². The molecule has 3 nitrogen and oxygen atoms in total. The molecule has 0 aliphatic rings. The van der Waals surface area contributed by atoms with Gasteiger partial charge >= 0.3 is 0 Å². The van der Waals surface area contributed by atoms with Crippen molar-refractivity contribution >= 4 is 15.9 Å². The summed E-state index contributed by atoms with van der Waals surface area (Å²) < 4.78 is 14.6. The first-order chi connectivity index (χ1) is 9.06. The van der Waals surface area contributed by atoms with Crippen molar-refractivity contribution in [1.29, 1.82) is 0 Å². The van der Waals surface area contributed by atoms with Crippen molar-refractivity contribution in [2.24, 2.45) is 5.73 Å². The fraction of sp³-hybridized carbons (Fsp3) is 0.286. The maximum absolute atomic E-state index is 13.8. The van der Waals surface area contributed by atoms with Gasteiger partial charge in [-0.15, -0.1) is 0 Å². The molecule has 0 fully saturated rings. The Morgan fingerprint density at radius 1 is 1.37 bits per heavy atom. The molecule has 0 aliphatic heterocycles. The highest BCUT2D eigenvalue weighted by Crippen LogP contribution is 2.24. The molecule has 1 unspecified atom stereocenters. The van der Waals surface area contributed by atoms with Crippen LogP contribution in [0.25, 0.3) is 11.3 Å². The number of hydrogen-bond donors (Lipinski definition) is 1. The summed E-state index contributed by atoms with van der Waals surface area (Å²) in [5.74, 6) is 0.397. The molecule has 1 aromatic heterocycles. The lowest BCUT2D eigenvalue weighted by atomic mass is 10.1. The van der Waals surface area contributed by atoms with Gasteiger partial charge in [0, 0.05) is 28.7 Å². The molecule has 2 N–H and O–H groups in total. The Kier molecular flexibility index (Phi) is 4.61. The Bertz CT molecular complexity index is 572. The topological polar surface area (TPSA) is 51.8 Å². The zero-order valence-electron chi connectivity index (χ0n) is 10.6. The quantitative estimate of drug-likeness (QED) is 0.938. The van der Waals surface area contributed by atoms with Crippen LogP contribution in [-0.4, -0.2) is 16.0 Å². The zero-order chi connectivity index (χ0) is 13.8. The Hall–Kier alpha value is -1.33. The Morgan fingerprint density at radius 3 is 2.89 bits per heavy atom. The second-order valence-corrected chi connectivity index (χ2v) is 5.41. The molecule has 100 valence electrons. The van der Waals surface area contributed by atoms with Gasteiger partial charge in [0.15, 0.2) is 0 Å². The molecule has 1 heterocycles. The highest BCUT2D eigenvalue weighted by Gasteiger charge is 2.09. The molecule has 19 heavy (non-hydrogen) atoms. The van der Waals surface area contributed by atoms with Crippen LogP contribution in [-0.2, 0) is 6.42 Å². The van der Waals surface area contributed by atoms with Crippen molar-refractivity contribution < 1.29 is 4.39 Å². The average molecular weight is 324 g/mol. The Morgan fingerprint density at radius 2 is 2.16 bits per heavy atom. The summed E-state index contributed by atoms with van der Waals surface area (Å²) in [5, 5.41) is 0. The largest absolute Gasteiger partial charge is 0.328 e. The molecule has 1 atom stereocenters. The summed E-state index contributed by atoms with van der Waals surface area (Å²) >= 11 is 3.34. The molecule has 0 saturated heterocycles. The summed E-state index contributed by atoms with van der Waals surface area (Å²) in [6.45, 7) is 1.94. The minimum atomic E-state index is -0.292. The number of rotatable bonds is 4. The predicted octanol–water partition coefficient (Wildman–Crippen LogP) is 3.33. The standard InChI is InChI=1S/C14H15BrFN3/c1-9(17)2-5-14-18-7-6-13(19-14)11-8-10(15)3-4-12(11)16/h3-4,6-9H,2,5,17H2,1H3. The number of hydrogen-bond acceptors (Lipinski definition) is 3. The minimum Gasteiger partial charge on any atom is -0.328 e. The van der Waals surface area contributed by atoms with Crippen molar-refractivity contribution in [2.45, 2.75) is 25.8 Å². The van der Waals surface area contributed by atoms with Crippen molar-refractivity contribution in [3.05, 3.63) is 46.6 Å². The molecule has 2 rings (SSSR count). The van der Waals surface area contributed by atoms with Gasteiger partial charge in [-0.05, 0) is 37.6 Å². The number of nitrogens with two attached hydrogens (primary N) is 1. The van der Waals surface area contributed by atoms with E-state index in [1.165, 1.54) is 6.07 Å². The lowest BCUT2D eigenvalue weighted by Crippen LogP contribution is -2.16. The number of nitrogens with zero attached hydrogens (tertiary/aromatic N) is 2.